The van der Waals surface area contributed by atoms with Crippen molar-refractivity contribution in [3.8, 4) is 11.1 Å². The molecule has 0 bridgehead atoms. The van der Waals surface area contributed by atoms with Gasteiger partial charge < -0.3 is 10.2 Å². The fourth-order valence-electron chi connectivity index (χ4n) is 4.24. The van der Waals surface area contributed by atoms with E-state index in [0.29, 0.717) is 13.0 Å². The van der Waals surface area contributed by atoms with Crippen molar-refractivity contribution < 1.29 is 13.2 Å². The maximum absolute atomic E-state index is 13.1. The summed E-state index contributed by atoms with van der Waals surface area (Å²) in [6.07, 6.45) is 0.428. The molecule has 2 N–H and O–H groups in total. The van der Waals surface area contributed by atoms with Crippen LogP contribution in [0.4, 0.5) is 11.4 Å². The molecule has 0 spiro atoms. The molecule has 2 aliphatic heterocycles. The van der Waals surface area contributed by atoms with Gasteiger partial charge in [0.2, 0.25) is 15.9 Å². The van der Waals surface area contributed by atoms with Gasteiger partial charge in [-0.2, -0.15) is 0 Å². The van der Waals surface area contributed by atoms with Crippen molar-refractivity contribution in [2.75, 3.05) is 16.8 Å². The second kappa shape index (κ2) is 7.27. The molecular formula is C23H21N3O3S. The van der Waals surface area contributed by atoms with Crippen LogP contribution in [0.3, 0.4) is 0 Å². The standard InChI is InChI=1S/C23H21N3O3S/c27-23-22-14-18(15-26(22)21-12-5-4-11-20(21)24-23)25-30(28,29)19-10-6-9-17(13-19)16-7-2-1-3-8-16/h1-13,18,22,25H,14-15H2,(H,24,27). The van der Waals surface area contributed by atoms with E-state index in [9.17, 15) is 13.2 Å². The van der Waals surface area contributed by atoms with E-state index in [4.69, 9.17) is 0 Å². The van der Waals surface area contributed by atoms with Gasteiger partial charge in [-0.3, -0.25) is 4.79 Å². The Morgan fingerprint density at radius 3 is 2.47 bits per heavy atom. The lowest BCUT2D eigenvalue weighted by atomic mass is 10.1. The lowest BCUT2D eigenvalue weighted by molar-refractivity contribution is -0.117. The first kappa shape index (κ1) is 18.8. The topological polar surface area (TPSA) is 78.5 Å². The summed E-state index contributed by atoms with van der Waals surface area (Å²) in [6.45, 7) is 0.451. The van der Waals surface area contributed by atoms with E-state index in [1.165, 1.54) is 0 Å². The molecule has 0 aliphatic carbocycles. The molecule has 3 aromatic carbocycles. The van der Waals surface area contributed by atoms with Crippen molar-refractivity contribution >= 4 is 27.3 Å². The van der Waals surface area contributed by atoms with E-state index in [1.54, 1.807) is 18.2 Å². The number of anilines is 2. The molecule has 0 radical (unpaired) electrons. The Morgan fingerprint density at radius 1 is 0.900 bits per heavy atom. The number of hydrogen-bond acceptors (Lipinski definition) is 4. The van der Waals surface area contributed by atoms with E-state index in [0.717, 1.165) is 22.5 Å². The van der Waals surface area contributed by atoms with Crippen molar-refractivity contribution in [2.45, 2.75) is 23.4 Å². The number of carbonyl (C=O) groups excluding carboxylic acids is 1. The Balaban J connectivity index is 1.39. The van der Waals surface area contributed by atoms with Gasteiger partial charge in [-0.25, -0.2) is 13.1 Å². The summed E-state index contributed by atoms with van der Waals surface area (Å²) in [6, 6.07) is 23.5. The first-order chi connectivity index (χ1) is 14.5. The van der Waals surface area contributed by atoms with Gasteiger partial charge in [-0.05, 0) is 41.8 Å². The zero-order valence-electron chi connectivity index (χ0n) is 16.2. The molecule has 1 saturated heterocycles. The quantitative estimate of drug-likeness (QED) is 0.681. The van der Waals surface area contributed by atoms with Crippen LogP contribution in [0, 0.1) is 0 Å². The van der Waals surface area contributed by atoms with Gasteiger partial charge in [-0.1, -0.05) is 54.6 Å². The van der Waals surface area contributed by atoms with Crippen LogP contribution in [-0.4, -0.2) is 33.0 Å². The van der Waals surface area contributed by atoms with Crippen molar-refractivity contribution in [1.82, 2.24) is 4.72 Å². The molecule has 30 heavy (non-hydrogen) atoms. The molecule has 2 heterocycles. The summed E-state index contributed by atoms with van der Waals surface area (Å²) >= 11 is 0. The summed E-state index contributed by atoms with van der Waals surface area (Å²) in [7, 11) is -3.72. The number of nitrogens with one attached hydrogen (secondary N) is 2. The van der Waals surface area contributed by atoms with Crippen molar-refractivity contribution in [1.29, 1.82) is 0 Å². The van der Waals surface area contributed by atoms with E-state index >= 15 is 0 Å². The molecule has 2 aliphatic rings. The van der Waals surface area contributed by atoms with E-state index in [2.05, 4.69) is 10.0 Å². The molecule has 0 aromatic heterocycles. The molecule has 3 aromatic rings. The monoisotopic (exact) mass is 419 g/mol. The second-order valence-corrected chi connectivity index (χ2v) is 9.34. The smallest absolute Gasteiger partial charge is 0.247 e. The van der Waals surface area contributed by atoms with Gasteiger partial charge >= 0.3 is 0 Å². The molecule has 7 heteroatoms. The third-order valence-corrected chi connectivity index (χ3v) is 7.17. The van der Waals surface area contributed by atoms with Crippen LogP contribution in [0.25, 0.3) is 11.1 Å². The number of hydrogen-bond donors (Lipinski definition) is 2. The fraction of sp³-hybridized carbons (Fsp3) is 0.174. The minimum atomic E-state index is -3.72. The number of fused-ring (bicyclic) bond motifs is 3. The van der Waals surface area contributed by atoms with Crippen LogP contribution in [0.15, 0.2) is 83.8 Å². The molecule has 0 saturated carbocycles. The van der Waals surface area contributed by atoms with Gasteiger partial charge in [0.05, 0.1) is 16.3 Å². The Labute approximate surface area is 175 Å². The average molecular weight is 420 g/mol. The Hall–Kier alpha value is -3.16. The average Bonchev–Trinajstić information content (AvgIpc) is 3.18. The summed E-state index contributed by atoms with van der Waals surface area (Å²) in [5.74, 6) is -0.0959. The number of carbonyl (C=O) groups is 1. The molecule has 5 rings (SSSR count). The first-order valence-electron chi connectivity index (χ1n) is 9.86. The van der Waals surface area contributed by atoms with Crippen LogP contribution in [0.5, 0.6) is 0 Å². The number of amides is 1. The third-order valence-electron chi connectivity index (χ3n) is 5.65. The maximum atomic E-state index is 13.1. The van der Waals surface area contributed by atoms with E-state index < -0.39 is 10.0 Å². The van der Waals surface area contributed by atoms with Gasteiger partial charge in [0.15, 0.2) is 0 Å². The van der Waals surface area contributed by atoms with Crippen LogP contribution in [0.1, 0.15) is 6.42 Å². The Kier molecular flexibility index (Phi) is 4.56. The minimum Gasteiger partial charge on any atom is -0.356 e. The number of nitrogens with zero attached hydrogens (tertiary/aromatic N) is 1. The van der Waals surface area contributed by atoms with Crippen LogP contribution >= 0.6 is 0 Å². The SMILES string of the molecule is O=C1Nc2ccccc2N2CC(NS(=O)(=O)c3cccc(-c4ccccc4)c3)CC12. The first-order valence-corrected chi connectivity index (χ1v) is 11.3. The summed E-state index contributed by atoms with van der Waals surface area (Å²) in [5.41, 5.74) is 3.49. The highest BCUT2D eigenvalue weighted by atomic mass is 32.2. The zero-order chi connectivity index (χ0) is 20.7. The number of rotatable bonds is 4. The highest BCUT2D eigenvalue weighted by molar-refractivity contribution is 7.89. The predicted octanol–water partition coefficient (Wildman–Crippen LogP) is 3.23. The highest BCUT2D eigenvalue weighted by Crippen LogP contribution is 2.36. The molecule has 1 amide bonds. The summed E-state index contributed by atoms with van der Waals surface area (Å²) < 4.78 is 29.0. The highest BCUT2D eigenvalue weighted by Gasteiger charge is 2.42. The van der Waals surface area contributed by atoms with Crippen LogP contribution < -0.4 is 14.9 Å². The largest absolute Gasteiger partial charge is 0.356 e. The molecule has 1 fully saturated rings. The van der Waals surface area contributed by atoms with E-state index in [-0.39, 0.29) is 22.9 Å². The van der Waals surface area contributed by atoms with E-state index in [1.807, 2.05) is 65.6 Å². The van der Waals surface area contributed by atoms with Crippen molar-refractivity contribution in [3.63, 3.8) is 0 Å². The molecule has 2 atom stereocenters. The number of sulfonamides is 1. The lowest BCUT2D eigenvalue weighted by Crippen LogP contribution is -2.44. The normalized spacial score (nSPS) is 20.4. The second-order valence-electron chi connectivity index (χ2n) is 7.62. The van der Waals surface area contributed by atoms with Gasteiger partial charge in [-0.15, -0.1) is 0 Å². The minimum absolute atomic E-state index is 0.0959. The molecule has 6 nitrogen and oxygen atoms in total. The lowest BCUT2D eigenvalue weighted by Gasteiger charge is -2.32. The van der Waals surface area contributed by atoms with Crippen LogP contribution in [-0.2, 0) is 14.8 Å². The summed E-state index contributed by atoms with van der Waals surface area (Å²) in [4.78, 5) is 14.7. The predicted molar refractivity (Wildman–Crippen MR) is 117 cm³/mol. The fourth-order valence-corrected chi connectivity index (χ4v) is 5.53. The van der Waals surface area contributed by atoms with Crippen molar-refractivity contribution in [2.24, 2.45) is 0 Å². The molecule has 152 valence electrons. The van der Waals surface area contributed by atoms with Crippen molar-refractivity contribution in [3.05, 3.63) is 78.9 Å². The molecular weight excluding hydrogens is 398 g/mol. The molecule has 2 unspecified atom stereocenters. The maximum Gasteiger partial charge on any atom is 0.247 e. The number of benzene rings is 3. The van der Waals surface area contributed by atoms with Gasteiger partial charge in [0.25, 0.3) is 0 Å². The van der Waals surface area contributed by atoms with Crippen LogP contribution in [0.2, 0.25) is 0 Å². The number of para-hydroxylation sites is 2. The van der Waals surface area contributed by atoms with Gasteiger partial charge in [0.1, 0.15) is 6.04 Å². The third kappa shape index (κ3) is 3.36. The Bertz CT molecular complexity index is 1210. The van der Waals surface area contributed by atoms with Gasteiger partial charge in [0, 0.05) is 12.6 Å². The zero-order valence-corrected chi connectivity index (χ0v) is 17.0. The summed E-state index contributed by atoms with van der Waals surface area (Å²) in [5, 5.41) is 2.91. The Morgan fingerprint density at radius 2 is 1.63 bits per heavy atom.